The maximum absolute atomic E-state index is 11.8. The van der Waals surface area contributed by atoms with E-state index in [9.17, 15) is 4.79 Å². The Labute approximate surface area is 119 Å². The zero-order valence-corrected chi connectivity index (χ0v) is 11.5. The van der Waals surface area contributed by atoms with Crippen LogP contribution in [-0.2, 0) is 6.42 Å². The van der Waals surface area contributed by atoms with Gasteiger partial charge in [-0.2, -0.15) is 0 Å². The summed E-state index contributed by atoms with van der Waals surface area (Å²) >= 11 is 0. The average Bonchev–Trinajstić information content (AvgIpc) is 2.49. The molecule has 2 amide bonds. The lowest BCUT2D eigenvalue weighted by Gasteiger charge is -2.14. The summed E-state index contributed by atoms with van der Waals surface area (Å²) in [5, 5.41) is 5.72. The Balaban J connectivity index is 1.73. The van der Waals surface area contributed by atoms with Gasteiger partial charge in [-0.1, -0.05) is 36.4 Å². The molecule has 1 heterocycles. The standard InChI is InChI=1S/C16H19N3O/c1-13(15-9-5-6-11-17-15)19-16(20)18-12-10-14-7-3-2-4-8-14/h2-9,11,13H,10,12H2,1H3,(H2,18,19,20)/t13-/m1/s1. The van der Waals surface area contributed by atoms with Gasteiger partial charge in [0.15, 0.2) is 0 Å². The molecule has 2 aromatic rings. The van der Waals surface area contributed by atoms with Gasteiger partial charge in [-0.05, 0) is 31.0 Å². The summed E-state index contributed by atoms with van der Waals surface area (Å²) in [4.78, 5) is 16.0. The fraction of sp³-hybridized carbons (Fsp3) is 0.250. The van der Waals surface area contributed by atoms with Crippen LogP contribution in [0.2, 0.25) is 0 Å². The van der Waals surface area contributed by atoms with Crippen LogP contribution < -0.4 is 10.6 Å². The summed E-state index contributed by atoms with van der Waals surface area (Å²) in [6, 6.07) is 15.5. The molecule has 0 fully saturated rings. The molecule has 20 heavy (non-hydrogen) atoms. The highest BCUT2D eigenvalue weighted by atomic mass is 16.2. The number of hydrogen-bond donors (Lipinski definition) is 2. The molecule has 4 heteroatoms. The van der Waals surface area contributed by atoms with E-state index in [1.54, 1.807) is 6.20 Å². The molecule has 0 bridgehead atoms. The molecule has 1 aromatic carbocycles. The summed E-state index contributed by atoms with van der Waals surface area (Å²) in [6.07, 6.45) is 2.55. The van der Waals surface area contributed by atoms with Crippen LogP contribution in [0.3, 0.4) is 0 Å². The Kier molecular flexibility index (Phi) is 5.12. The topological polar surface area (TPSA) is 54.0 Å². The van der Waals surface area contributed by atoms with Crippen LogP contribution >= 0.6 is 0 Å². The molecule has 0 saturated heterocycles. The van der Waals surface area contributed by atoms with Crippen LogP contribution in [0.1, 0.15) is 24.2 Å². The van der Waals surface area contributed by atoms with E-state index in [0.29, 0.717) is 6.54 Å². The Morgan fingerprint density at radius 1 is 1.15 bits per heavy atom. The third-order valence-electron chi connectivity index (χ3n) is 3.02. The quantitative estimate of drug-likeness (QED) is 0.876. The van der Waals surface area contributed by atoms with Crippen molar-refractivity contribution in [3.8, 4) is 0 Å². The molecule has 2 N–H and O–H groups in total. The molecule has 0 unspecified atom stereocenters. The van der Waals surface area contributed by atoms with Gasteiger partial charge >= 0.3 is 6.03 Å². The monoisotopic (exact) mass is 269 g/mol. The minimum absolute atomic E-state index is 0.104. The second-order valence-corrected chi connectivity index (χ2v) is 4.61. The summed E-state index contributed by atoms with van der Waals surface area (Å²) in [5.74, 6) is 0. The zero-order valence-electron chi connectivity index (χ0n) is 11.5. The molecule has 0 aliphatic heterocycles. The van der Waals surface area contributed by atoms with Crippen molar-refractivity contribution in [1.29, 1.82) is 0 Å². The summed E-state index contributed by atoms with van der Waals surface area (Å²) < 4.78 is 0. The van der Waals surface area contributed by atoms with Gasteiger partial charge in [-0.25, -0.2) is 4.79 Å². The molecule has 0 spiro atoms. The lowest BCUT2D eigenvalue weighted by Crippen LogP contribution is -2.38. The van der Waals surface area contributed by atoms with Crippen molar-refractivity contribution in [3.63, 3.8) is 0 Å². The van der Waals surface area contributed by atoms with Gasteiger partial charge in [-0.15, -0.1) is 0 Å². The largest absolute Gasteiger partial charge is 0.338 e. The number of aromatic nitrogens is 1. The molecule has 0 aliphatic carbocycles. The molecule has 104 valence electrons. The van der Waals surface area contributed by atoms with Gasteiger partial charge in [-0.3, -0.25) is 4.98 Å². The van der Waals surface area contributed by atoms with Crippen molar-refractivity contribution in [2.75, 3.05) is 6.54 Å². The second kappa shape index (κ2) is 7.28. The predicted octanol–water partition coefficient (Wildman–Crippen LogP) is 2.68. The first-order chi connectivity index (χ1) is 9.75. The van der Waals surface area contributed by atoms with Crippen LogP contribution in [0.5, 0.6) is 0 Å². The Bertz CT molecular complexity index is 528. The van der Waals surface area contributed by atoms with E-state index in [1.807, 2.05) is 43.3 Å². The first kappa shape index (κ1) is 14.1. The predicted molar refractivity (Wildman–Crippen MR) is 79.3 cm³/mol. The summed E-state index contributed by atoms with van der Waals surface area (Å²) in [6.45, 7) is 2.53. The Morgan fingerprint density at radius 2 is 1.90 bits per heavy atom. The maximum Gasteiger partial charge on any atom is 0.315 e. The maximum atomic E-state index is 11.8. The van der Waals surface area contributed by atoms with Crippen LogP contribution in [-0.4, -0.2) is 17.6 Å². The highest BCUT2D eigenvalue weighted by Gasteiger charge is 2.09. The first-order valence-corrected chi connectivity index (χ1v) is 6.75. The van der Waals surface area contributed by atoms with Gasteiger partial charge in [0.2, 0.25) is 0 Å². The fourth-order valence-corrected chi connectivity index (χ4v) is 1.92. The van der Waals surface area contributed by atoms with Crippen LogP contribution in [0, 0.1) is 0 Å². The van der Waals surface area contributed by atoms with Gasteiger partial charge in [0.25, 0.3) is 0 Å². The van der Waals surface area contributed by atoms with Crippen LogP contribution in [0.25, 0.3) is 0 Å². The number of amides is 2. The second-order valence-electron chi connectivity index (χ2n) is 4.61. The Morgan fingerprint density at radius 3 is 2.60 bits per heavy atom. The number of nitrogens with zero attached hydrogens (tertiary/aromatic N) is 1. The van der Waals surface area contributed by atoms with E-state index in [4.69, 9.17) is 0 Å². The van der Waals surface area contributed by atoms with Crippen molar-refractivity contribution < 1.29 is 4.79 Å². The number of rotatable bonds is 5. The fourth-order valence-electron chi connectivity index (χ4n) is 1.92. The minimum Gasteiger partial charge on any atom is -0.338 e. The summed E-state index contributed by atoms with van der Waals surface area (Å²) in [7, 11) is 0. The van der Waals surface area contributed by atoms with E-state index in [1.165, 1.54) is 5.56 Å². The van der Waals surface area contributed by atoms with Crippen LogP contribution in [0.15, 0.2) is 54.7 Å². The van der Waals surface area contributed by atoms with Gasteiger partial charge < -0.3 is 10.6 Å². The summed E-state index contributed by atoms with van der Waals surface area (Å²) in [5.41, 5.74) is 2.07. The van der Waals surface area contributed by atoms with Crippen molar-refractivity contribution >= 4 is 6.03 Å². The highest BCUT2D eigenvalue weighted by molar-refractivity contribution is 5.74. The zero-order chi connectivity index (χ0) is 14.2. The number of nitrogens with one attached hydrogen (secondary N) is 2. The van der Waals surface area contributed by atoms with E-state index < -0.39 is 0 Å². The van der Waals surface area contributed by atoms with E-state index >= 15 is 0 Å². The van der Waals surface area contributed by atoms with E-state index in [2.05, 4.69) is 27.8 Å². The number of urea groups is 1. The van der Waals surface area contributed by atoms with E-state index in [-0.39, 0.29) is 12.1 Å². The molecule has 0 radical (unpaired) electrons. The Hall–Kier alpha value is -2.36. The molecule has 1 aromatic heterocycles. The number of benzene rings is 1. The molecule has 2 rings (SSSR count). The van der Waals surface area contributed by atoms with Gasteiger partial charge in [0, 0.05) is 12.7 Å². The lowest BCUT2D eigenvalue weighted by atomic mass is 10.1. The number of carbonyl (C=O) groups excluding carboxylic acids is 1. The molecule has 0 aliphatic rings. The lowest BCUT2D eigenvalue weighted by molar-refractivity contribution is 0.238. The molecule has 0 saturated carbocycles. The number of hydrogen-bond acceptors (Lipinski definition) is 2. The van der Waals surface area contributed by atoms with Crippen molar-refractivity contribution in [2.24, 2.45) is 0 Å². The molecular formula is C16H19N3O. The molecular weight excluding hydrogens is 250 g/mol. The van der Waals surface area contributed by atoms with Crippen molar-refractivity contribution in [3.05, 3.63) is 66.0 Å². The van der Waals surface area contributed by atoms with Crippen molar-refractivity contribution in [2.45, 2.75) is 19.4 Å². The third kappa shape index (κ3) is 4.39. The van der Waals surface area contributed by atoms with Crippen molar-refractivity contribution in [1.82, 2.24) is 15.6 Å². The smallest absolute Gasteiger partial charge is 0.315 e. The normalized spacial score (nSPS) is 11.7. The van der Waals surface area contributed by atoms with Crippen LogP contribution in [0.4, 0.5) is 4.79 Å². The van der Waals surface area contributed by atoms with E-state index in [0.717, 1.165) is 12.1 Å². The number of carbonyl (C=O) groups is 1. The molecule has 4 nitrogen and oxygen atoms in total. The van der Waals surface area contributed by atoms with Gasteiger partial charge in [0.05, 0.1) is 11.7 Å². The molecule has 1 atom stereocenters. The number of pyridine rings is 1. The first-order valence-electron chi connectivity index (χ1n) is 6.75. The van der Waals surface area contributed by atoms with Gasteiger partial charge in [0.1, 0.15) is 0 Å². The average molecular weight is 269 g/mol. The third-order valence-corrected chi connectivity index (χ3v) is 3.02. The SMILES string of the molecule is C[C@@H](NC(=O)NCCc1ccccc1)c1ccccn1. The highest BCUT2D eigenvalue weighted by Crippen LogP contribution is 2.07. The minimum atomic E-state index is -0.168.